The van der Waals surface area contributed by atoms with Crippen molar-refractivity contribution in [2.24, 2.45) is 5.92 Å². The first-order valence-corrected chi connectivity index (χ1v) is 10.6. The average Bonchev–Trinajstić information content (AvgIpc) is 3.21. The molecule has 0 saturated carbocycles. The summed E-state index contributed by atoms with van der Waals surface area (Å²) in [5.74, 6) is 1.54. The topological polar surface area (TPSA) is 62.6 Å². The fourth-order valence-corrected chi connectivity index (χ4v) is 5.41. The molecule has 2 aromatic rings. The van der Waals surface area contributed by atoms with E-state index >= 15 is 0 Å². The number of thiophene rings is 1. The third-order valence-corrected chi connectivity index (χ3v) is 7.49. The molecule has 1 aliphatic rings. The van der Waals surface area contributed by atoms with Crippen LogP contribution in [0.5, 0.6) is 0 Å². The normalized spacial score (nSPS) is 18.8. The van der Waals surface area contributed by atoms with Gasteiger partial charge in [-0.3, -0.25) is 4.90 Å². The van der Waals surface area contributed by atoms with E-state index in [4.69, 9.17) is 4.42 Å². The van der Waals surface area contributed by atoms with Crippen molar-refractivity contribution < 1.29 is 12.8 Å². The Morgan fingerprint density at radius 1 is 1.33 bits per heavy atom. The van der Waals surface area contributed by atoms with Crippen LogP contribution in [-0.4, -0.2) is 33.0 Å². The largest absolute Gasteiger partial charge is 0.468 e. The summed E-state index contributed by atoms with van der Waals surface area (Å²) in [6, 6.07) is 7.20. The quantitative estimate of drug-likeness (QED) is 0.849. The molecule has 0 spiro atoms. The molecule has 3 rings (SSSR count). The van der Waals surface area contributed by atoms with Gasteiger partial charge >= 0.3 is 0 Å². The summed E-state index contributed by atoms with van der Waals surface area (Å²) < 4.78 is 33.7. The van der Waals surface area contributed by atoms with Crippen LogP contribution < -0.4 is 4.72 Å². The summed E-state index contributed by atoms with van der Waals surface area (Å²) in [4.78, 5) is 3.31. The maximum absolute atomic E-state index is 12.5. The van der Waals surface area contributed by atoms with Crippen LogP contribution in [0.15, 0.2) is 39.2 Å². The number of furan rings is 1. The summed E-state index contributed by atoms with van der Waals surface area (Å²) >= 11 is 1.29. The molecule has 1 aliphatic heterocycles. The molecule has 0 aliphatic carbocycles. The van der Waals surface area contributed by atoms with E-state index in [9.17, 15) is 8.42 Å². The van der Waals surface area contributed by atoms with E-state index in [1.807, 2.05) is 25.1 Å². The summed E-state index contributed by atoms with van der Waals surface area (Å²) in [5.41, 5.74) is 0. The van der Waals surface area contributed by atoms with Gasteiger partial charge < -0.3 is 4.42 Å². The monoisotopic (exact) mass is 368 g/mol. The lowest BCUT2D eigenvalue weighted by Gasteiger charge is -2.35. The molecule has 1 fully saturated rings. The predicted octanol–water partition coefficient (Wildman–Crippen LogP) is 3.40. The Morgan fingerprint density at radius 2 is 2.08 bits per heavy atom. The number of nitrogens with one attached hydrogen (secondary N) is 1. The van der Waals surface area contributed by atoms with Crippen LogP contribution in [0.3, 0.4) is 0 Å². The molecule has 1 saturated heterocycles. The van der Waals surface area contributed by atoms with E-state index in [-0.39, 0.29) is 6.04 Å². The molecule has 2 aromatic heterocycles. The second-order valence-corrected chi connectivity index (χ2v) is 9.75. The Hall–Kier alpha value is -1.15. The minimum absolute atomic E-state index is 0.0664. The van der Waals surface area contributed by atoms with Gasteiger partial charge in [0.1, 0.15) is 9.97 Å². The van der Waals surface area contributed by atoms with Crippen molar-refractivity contribution in [1.82, 2.24) is 9.62 Å². The zero-order valence-electron chi connectivity index (χ0n) is 14.1. The first-order chi connectivity index (χ1) is 11.5. The molecule has 0 aromatic carbocycles. The minimum Gasteiger partial charge on any atom is -0.468 e. The lowest BCUT2D eigenvalue weighted by Crippen LogP contribution is -2.41. The Morgan fingerprint density at radius 3 is 2.67 bits per heavy atom. The fourth-order valence-electron chi connectivity index (χ4n) is 3.05. The van der Waals surface area contributed by atoms with Crippen molar-refractivity contribution >= 4 is 21.4 Å². The van der Waals surface area contributed by atoms with E-state index in [0.717, 1.165) is 42.5 Å². The van der Waals surface area contributed by atoms with Gasteiger partial charge in [0.2, 0.25) is 10.0 Å². The highest BCUT2D eigenvalue weighted by molar-refractivity contribution is 7.91. The summed E-state index contributed by atoms with van der Waals surface area (Å²) in [6.45, 7) is 6.42. The molecule has 5 nitrogen and oxygen atoms in total. The molecule has 1 atom stereocenters. The first kappa shape index (κ1) is 17.7. The zero-order chi connectivity index (χ0) is 17.2. The standard InChI is InChI=1S/C17H24N2O3S2/c1-13-7-9-19(10-8-13)15(16-4-3-11-22-16)12-18-24(20,21)17-6-5-14(2)23-17/h3-6,11,13,15,18H,7-10,12H2,1-2H3. The van der Waals surface area contributed by atoms with Crippen LogP contribution in [0.25, 0.3) is 0 Å². The van der Waals surface area contributed by atoms with Crippen molar-refractivity contribution in [2.75, 3.05) is 19.6 Å². The predicted molar refractivity (Wildman–Crippen MR) is 95.7 cm³/mol. The minimum atomic E-state index is -3.47. The van der Waals surface area contributed by atoms with E-state index in [0.29, 0.717) is 10.8 Å². The molecule has 3 heterocycles. The Labute approximate surface area is 147 Å². The summed E-state index contributed by atoms with van der Waals surface area (Å²) in [7, 11) is -3.47. The van der Waals surface area contributed by atoms with Crippen LogP contribution in [0.4, 0.5) is 0 Å². The Balaban J connectivity index is 1.73. The van der Waals surface area contributed by atoms with Gasteiger partial charge in [-0.2, -0.15) is 0 Å². The lowest BCUT2D eigenvalue weighted by atomic mass is 9.97. The lowest BCUT2D eigenvalue weighted by molar-refractivity contribution is 0.125. The highest BCUT2D eigenvalue weighted by Gasteiger charge is 2.28. The number of likely N-dealkylation sites (tertiary alicyclic amines) is 1. The van der Waals surface area contributed by atoms with E-state index < -0.39 is 10.0 Å². The first-order valence-electron chi connectivity index (χ1n) is 8.29. The number of rotatable bonds is 6. The molecule has 1 unspecified atom stereocenters. The van der Waals surface area contributed by atoms with Crippen molar-refractivity contribution in [1.29, 1.82) is 0 Å². The molecule has 1 N–H and O–H groups in total. The second-order valence-electron chi connectivity index (χ2n) is 6.47. The van der Waals surface area contributed by atoms with Crippen LogP contribution in [0.1, 0.15) is 36.4 Å². The highest BCUT2D eigenvalue weighted by Crippen LogP contribution is 2.27. The van der Waals surface area contributed by atoms with E-state index in [1.165, 1.54) is 11.3 Å². The smallest absolute Gasteiger partial charge is 0.250 e. The Bertz CT molecular complexity index is 745. The van der Waals surface area contributed by atoms with Gasteiger partial charge in [0.15, 0.2) is 0 Å². The van der Waals surface area contributed by atoms with E-state index in [1.54, 1.807) is 12.3 Å². The molecular weight excluding hydrogens is 344 g/mol. The van der Waals surface area contributed by atoms with E-state index in [2.05, 4.69) is 16.5 Å². The van der Waals surface area contributed by atoms with Gasteiger partial charge in [-0.1, -0.05) is 6.92 Å². The van der Waals surface area contributed by atoms with Gasteiger partial charge in [-0.05, 0) is 63.0 Å². The Kier molecular flexibility index (Phi) is 5.44. The number of nitrogens with zero attached hydrogens (tertiary/aromatic N) is 1. The number of hydrogen-bond donors (Lipinski definition) is 1. The molecule has 0 radical (unpaired) electrons. The number of piperidine rings is 1. The van der Waals surface area contributed by atoms with Crippen LogP contribution >= 0.6 is 11.3 Å². The maximum atomic E-state index is 12.5. The third kappa shape index (κ3) is 4.08. The molecule has 132 valence electrons. The number of aryl methyl sites for hydroxylation is 1. The maximum Gasteiger partial charge on any atom is 0.250 e. The average molecular weight is 369 g/mol. The van der Waals surface area contributed by atoms with Crippen LogP contribution in [0.2, 0.25) is 0 Å². The highest BCUT2D eigenvalue weighted by atomic mass is 32.2. The SMILES string of the molecule is Cc1ccc(S(=O)(=O)NCC(c2ccco2)N2CCC(C)CC2)s1. The third-order valence-electron chi connectivity index (χ3n) is 4.58. The molecule has 0 amide bonds. The number of hydrogen-bond acceptors (Lipinski definition) is 5. The van der Waals surface area contributed by atoms with Gasteiger partial charge in [0, 0.05) is 11.4 Å². The second kappa shape index (κ2) is 7.39. The van der Waals surface area contributed by atoms with Crippen LogP contribution in [-0.2, 0) is 10.0 Å². The van der Waals surface area contributed by atoms with Crippen molar-refractivity contribution in [3.8, 4) is 0 Å². The summed E-state index contributed by atoms with van der Waals surface area (Å²) in [5, 5.41) is 0. The number of sulfonamides is 1. The molecular formula is C17H24N2O3S2. The van der Waals surface area contributed by atoms with Crippen molar-refractivity contribution in [2.45, 2.75) is 36.9 Å². The summed E-state index contributed by atoms with van der Waals surface area (Å²) in [6.07, 6.45) is 3.91. The molecule has 24 heavy (non-hydrogen) atoms. The molecule has 7 heteroatoms. The molecule has 0 bridgehead atoms. The fraction of sp³-hybridized carbons (Fsp3) is 0.529. The van der Waals surface area contributed by atoms with Gasteiger partial charge in [-0.25, -0.2) is 13.1 Å². The van der Waals surface area contributed by atoms with Gasteiger partial charge in [0.05, 0.1) is 12.3 Å². The van der Waals surface area contributed by atoms with Crippen LogP contribution in [0, 0.1) is 12.8 Å². The van der Waals surface area contributed by atoms with Gasteiger partial charge in [-0.15, -0.1) is 11.3 Å². The van der Waals surface area contributed by atoms with Gasteiger partial charge in [0.25, 0.3) is 0 Å². The van der Waals surface area contributed by atoms with Crippen molar-refractivity contribution in [3.05, 3.63) is 41.2 Å². The van der Waals surface area contributed by atoms with Crippen molar-refractivity contribution in [3.63, 3.8) is 0 Å². The zero-order valence-corrected chi connectivity index (χ0v) is 15.7.